The zero-order chi connectivity index (χ0) is 69.5. The Hall–Kier alpha value is -1.93. The molecular formula is C82H164N6O6S. The molecule has 0 aliphatic carbocycles. The van der Waals surface area contributed by atoms with Crippen molar-refractivity contribution in [3.8, 4) is 0 Å². The summed E-state index contributed by atoms with van der Waals surface area (Å²) >= 11 is 0. The van der Waals surface area contributed by atoms with Gasteiger partial charge in [0.2, 0.25) is 11.8 Å². The van der Waals surface area contributed by atoms with Crippen LogP contribution in [-0.4, -0.2) is 116 Å². The number of amidine groups is 2. The average Bonchev–Trinajstić information content (AvgIpc) is 1.73. The second kappa shape index (κ2) is 70.5. The molecule has 12 nitrogen and oxygen atoms in total. The van der Waals surface area contributed by atoms with Crippen molar-refractivity contribution in [2.24, 2.45) is 9.98 Å². The highest BCUT2D eigenvalue weighted by Crippen LogP contribution is 2.22. The van der Waals surface area contributed by atoms with Gasteiger partial charge in [-0.3, -0.25) is 27.0 Å². The molecule has 2 amide bonds. The molecule has 2 aliphatic rings. The van der Waals surface area contributed by atoms with Crippen molar-refractivity contribution in [3.05, 3.63) is 0 Å². The maximum Gasteiger partial charge on any atom is 0.220 e. The summed E-state index contributed by atoms with van der Waals surface area (Å²) in [6.07, 6.45) is 87.0. The Balaban J connectivity index is 0.00000173. The van der Waals surface area contributed by atoms with Crippen LogP contribution in [-0.2, 0) is 20.0 Å². The van der Waals surface area contributed by atoms with Crippen LogP contribution in [0.4, 0.5) is 0 Å². The molecule has 2 unspecified atom stereocenters. The number of rotatable bonds is 70. The fraction of sp³-hybridized carbons (Fsp3) is 0.951. The topological polar surface area (TPSA) is 163 Å². The highest BCUT2D eigenvalue weighted by molar-refractivity contribution is 7.79. The SMILES string of the molecule is CCCCCCCCCCCCCCCCCC(=O)NCC[N+]1(C)CCN=C1CCCCCCCCCCCCCCCCC.CCCCCCCCCCCCCCCCCC(=O)NCC[N+]1(C)CCN=C1CCCCCCCCCCCCCCCCC.O=S(=O)([O-])[O-]. The number of amides is 2. The Kier molecular flexibility index (Phi) is 69.1. The van der Waals surface area contributed by atoms with Gasteiger partial charge in [-0.25, -0.2) is 9.98 Å². The van der Waals surface area contributed by atoms with Crippen molar-refractivity contribution in [1.29, 1.82) is 0 Å². The van der Waals surface area contributed by atoms with E-state index in [4.69, 9.17) is 27.5 Å². The highest BCUT2D eigenvalue weighted by Gasteiger charge is 2.34. The van der Waals surface area contributed by atoms with E-state index in [1.165, 1.54) is 384 Å². The summed E-state index contributed by atoms with van der Waals surface area (Å²) in [7, 11) is -0.504. The normalized spacial score (nSPS) is 16.1. The molecular weight excluding hydrogens is 1200 g/mol. The van der Waals surface area contributed by atoms with E-state index in [0.29, 0.717) is 12.8 Å². The van der Waals surface area contributed by atoms with Crippen molar-refractivity contribution in [2.45, 2.75) is 439 Å². The van der Waals surface area contributed by atoms with Crippen LogP contribution in [0.15, 0.2) is 9.98 Å². The van der Waals surface area contributed by atoms with E-state index in [2.05, 4.69) is 52.4 Å². The van der Waals surface area contributed by atoms with E-state index in [9.17, 15) is 9.59 Å². The molecule has 0 aromatic heterocycles. The van der Waals surface area contributed by atoms with Gasteiger partial charge in [-0.15, -0.1) is 0 Å². The molecule has 2 atom stereocenters. The molecule has 2 N–H and O–H groups in total. The zero-order valence-corrected chi connectivity index (χ0v) is 65.4. The van der Waals surface area contributed by atoms with Gasteiger partial charge in [0.15, 0.2) is 11.7 Å². The minimum absolute atomic E-state index is 0.247. The average molecular weight is 1360 g/mol. The number of carbonyl (C=O) groups excluding carboxylic acids is 2. The maximum absolute atomic E-state index is 12.4. The van der Waals surface area contributed by atoms with Crippen LogP contribution in [0.1, 0.15) is 439 Å². The summed E-state index contributed by atoms with van der Waals surface area (Å²) in [4.78, 5) is 34.6. The van der Waals surface area contributed by atoms with Gasteiger partial charge in [0.25, 0.3) is 0 Å². The van der Waals surface area contributed by atoms with Gasteiger partial charge < -0.3 is 19.7 Å². The first kappa shape index (κ1) is 93.1. The smallest absolute Gasteiger partial charge is 0.220 e. The number of nitrogens with zero attached hydrogens (tertiary/aromatic N) is 4. The first-order valence-corrected chi connectivity index (χ1v) is 43.5. The Morgan fingerprint density at radius 3 is 0.674 bits per heavy atom. The molecule has 0 radical (unpaired) electrons. The lowest BCUT2D eigenvalue weighted by Gasteiger charge is -2.30. The van der Waals surface area contributed by atoms with E-state index in [1.54, 1.807) is 0 Å². The summed E-state index contributed by atoms with van der Waals surface area (Å²) in [5, 5.41) is 6.43. The molecule has 2 aliphatic heterocycles. The van der Waals surface area contributed by atoms with Crippen molar-refractivity contribution in [1.82, 2.24) is 10.6 Å². The minimum atomic E-state index is -5.17. The first-order chi connectivity index (χ1) is 46.2. The van der Waals surface area contributed by atoms with Crippen molar-refractivity contribution in [2.75, 3.05) is 66.5 Å². The van der Waals surface area contributed by atoms with Gasteiger partial charge >= 0.3 is 0 Å². The Bertz CT molecular complexity index is 1710. The minimum Gasteiger partial charge on any atom is -0.759 e. The van der Waals surface area contributed by atoms with Gasteiger partial charge in [-0.1, -0.05) is 387 Å². The van der Waals surface area contributed by atoms with Crippen LogP contribution in [0.25, 0.3) is 0 Å². The lowest BCUT2D eigenvalue weighted by Crippen LogP contribution is -2.51. The monoisotopic (exact) mass is 1360 g/mol. The Morgan fingerprint density at radius 1 is 0.316 bits per heavy atom. The van der Waals surface area contributed by atoms with Gasteiger partial charge in [0.1, 0.15) is 26.2 Å². The van der Waals surface area contributed by atoms with Gasteiger partial charge in [0.05, 0.1) is 40.3 Å². The quantitative estimate of drug-likeness (QED) is 0.0266. The molecule has 0 spiro atoms. The van der Waals surface area contributed by atoms with Crippen molar-refractivity contribution < 1.29 is 36.1 Å². The largest absolute Gasteiger partial charge is 0.759 e. The van der Waals surface area contributed by atoms with E-state index in [0.717, 1.165) is 87.0 Å². The fourth-order valence-electron chi connectivity index (χ4n) is 14.3. The molecule has 0 bridgehead atoms. The molecule has 0 aromatic carbocycles. The summed E-state index contributed by atoms with van der Waals surface area (Å²) in [6, 6.07) is 0. The number of quaternary nitrogens is 2. The van der Waals surface area contributed by atoms with Crippen molar-refractivity contribution in [3.63, 3.8) is 0 Å². The molecule has 564 valence electrons. The van der Waals surface area contributed by atoms with Crippen LogP contribution < -0.4 is 10.6 Å². The van der Waals surface area contributed by atoms with E-state index >= 15 is 0 Å². The number of hydrogen-bond acceptors (Lipinski definition) is 8. The lowest BCUT2D eigenvalue weighted by molar-refractivity contribution is -0.814. The predicted octanol–water partition coefficient (Wildman–Crippen LogP) is 23.6. The third-order valence-corrected chi connectivity index (χ3v) is 20.9. The first-order valence-electron chi connectivity index (χ1n) is 42.2. The van der Waals surface area contributed by atoms with Gasteiger partial charge in [-0.05, 0) is 25.7 Å². The maximum atomic E-state index is 12.4. The van der Waals surface area contributed by atoms with Crippen LogP contribution in [0.5, 0.6) is 0 Å². The number of hydrogen-bond donors (Lipinski definition) is 2. The molecule has 13 heteroatoms. The van der Waals surface area contributed by atoms with E-state index in [1.807, 2.05) is 0 Å². The summed E-state index contributed by atoms with van der Waals surface area (Å²) in [6.45, 7) is 16.8. The van der Waals surface area contributed by atoms with Crippen LogP contribution in [0.2, 0.25) is 0 Å². The van der Waals surface area contributed by atoms with Crippen molar-refractivity contribution >= 4 is 33.9 Å². The number of likely N-dealkylation sites (N-methyl/N-ethyl adjacent to an activating group) is 2. The summed E-state index contributed by atoms with van der Waals surface area (Å²) in [5.74, 6) is 3.25. The number of nitrogens with one attached hydrogen (secondary N) is 2. The molecule has 2 heterocycles. The second-order valence-electron chi connectivity index (χ2n) is 30.2. The second-order valence-corrected chi connectivity index (χ2v) is 31.0. The molecule has 0 saturated carbocycles. The highest BCUT2D eigenvalue weighted by atomic mass is 32.3. The fourth-order valence-corrected chi connectivity index (χ4v) is 14.3. The molecule has 95 heavy (non-hydrogen) atoms. The van der Waals surface area contributed by atoms with Crippen LogP contribution >= 0.6 is 0 Å². The zero-order valence-electron chi connectivity index (χ0n) is 64.6. The van der Waals surface area contributed by atoms with Gasteiger partial charge in [-0.2, -0.15) is 0 Å². The van der Waals surface area contributed by atoms with Crippen LogP contribution in [0, 0.1) is 0 Å². The van der Waals surface area contributed by atoms with E-state index < -0.39 is 10.4 Å². The lowest BCUT2D eigenvalue weighted by atomic mass is 10.0. The molecule has 2 rings (SSSR count). The Morgan fingerprint density at radius 2 is 0.484 bits per heavy atom. The third kappa shape index (κ3) is 66.4. The molecule has 0 aromatic rings. The predicted molar refractivity (Wildman–Crippen MR) is 411 cm³/mol. The van der Waals surface area contributed by atoms with E-state index in [-0.39, 0.29) is 11.8 Å². The third-order valence-electron chi connectivity index (χ3n) is 20.9. The molecule has 0 fully saturated rings. The van der Waals surface area contributed by atoms with Gasteiger partial charge in [0, 0.05) is 36.1 Å². The standard InChI is InChI=1S/2C41H81N3O.H2O4S/c2*1-4-6-8-10-12-14-16-18-20-22-24-26-28-30-32-34-40-42-36-38-44(40,3)39-37-43-41(45)35-33-31-29-27-25-23-21-19-17-15-13-11-9-7-5-2;1-5(2,3)4/h2*4-39H2,1-3H3;(H2,1,2,3,4). The number of aliphatic imine (C=N–C) groups is 2. The summed E-state index contributed by atoms with van der Waals surface area (Å²) in [5.41, 5.74) is 0. The number of carbonyl (C=O) groups is 2. The van der Waals surface area contributed by atoms with Crippen LogP contribution in [0.3, 0.4) is 0 Å². The number of unbranched alkanes of at least 4 members (excludes halogenated alkanes) is 56. The Labute approximate surface area is 592 Å². The summed E-state index contributed by atoms with van der Waals surface area (Å²) < 4.78 is 36.0. The molecule has 0 saturated heterocycles.